The van der Waals surface area contributed by atoms with Gasteiger partial charge in [-0.05, 0) is 82.0 Å². The fourth-order valence-electron chi connectivity index (χ4n) is 5.50. The van der Waals surface area contributed by atoms with Crippen LogP contribution >= 0.6 is 0 Å². The second-order valence-corrected chi connectivity index (χ2v) is 10.2. The number of allylic oxidation sites excluding steroid dienone is 2. The maximum absolute atomic E-state index is 13.7. The number of hydrogen-bond donors (Lipinski definition) is 0. The Hall–Kier alpha value is -1.85. The second kappa shape index (κ2) is 13.3. The number of rotatable bonds is 10. The molecule has 2 nitrogen and oxygen atoms in total. The Balaban J connectivity index is 1.34. The fourth-order valence-corrected chi connectivity index (χ4v) is 5.50. The largest absolute Gasteiger partial charge is 0.426 e. The summed E-state index contributed by atoms with van der Waals surface area (Å²) >= 11 is 0. The van der Waals surface area contributed by atoms with E-state index in [-0.39, 0.29) is 11.7 Å². The Kier molecular flexibility index (Phi) is 10.5. The molecule has 0 atom stereocenters. The van der Waals surface area contributed by atoms with Crippen LogP contribution in [0.15, 0.2) is 24.3 Å². The highest BCUT2D eigenvalue weighted by atomic mass is 19.3. The quantitative estimate of drug-likeness (QED) is 0.144. The predicted octanol–water partition coefficient (Wildman–Crippen LogP) is 8.95. The summed E-state index contributed by atoms with van der Waals surface area (Å²) < 4.78 is 57.9. The molecule has 0 spiro atoms. The Morgan fingerprint density at radius 2 is 1.56 bits per heavy atom. The number of esters is 1. The summed E-state index contributed by atoms with van der Waals surface area (Å²) in [4.78, 5) is 12.4. The highest BCUT2D eigenvalue weighted by Crippen LogP contribution is 2.35. The van der Waals surface area contributed by atoms with Crippen molar-refractivity contribution in [3.8, 4) is 5.75 Å². The molecule has 0 heterocycles. The van der Waals surface area contributed by atoms with Crippen LogP contribution in [-0.4, -0.2) is 5.97 Å². The van der Waals surface area contributed by atoms with Crippen LogP contribution < -0.4 is 4.74 Å². The van der Waals surface area contributed by atoms with Gasteiger partial charge in [-0.3, -0.25) is 4.79 Å². The monoisotopic (exact) mass is 482 g/mol. The van der Waals surface area contributed by atoms with Gasteiger partial charge in [-0.25, -0.2) is 17.6 Å². The maximum Gasteiger partial charge on any atom is 0.314 e. The third-order valence-electron chi connectivity index (χ3n) is 7.68. The number of benzene rings is 1. The van der Waals surface area contributed by atoms with Crippen LogP contribution in [-0.2, 0) is 4.79 Å². The van der Waals surface area contributed by atoms with Crippen molar-refractivity contribution in [2.24, 2.45) is 23.7 Å². The van der Waals surface area contributed by atoms with E-state index in [1.807, 2.05) is 0 Å². The van der Waals surface area contributed by atoms with Gasteiger partial charge in [-0.15, -0.1) is 0 Å². The molecule has 0 bridgehead atoms. The molecule has 0 aromatic heterocycles. The van der Waals surface area contributed by atoms with Gasteiger partial charge in [0.05, 0.1) is 11.5 Å². The zero-order valence-electron chi connectivity index (χ0n) is 20.2. The molecule has 0 aliphatic heterocycles. The van der Waals surface area contributed by atoms with Gasteiger partial charge in [0, 0.05) is 12.1 Å². The standard InChI is InChI=1S/C28H38F4O2/c1-2-3-6-19-9-11-20(12-10-19)7-4-5-8-21-13-15-22(16-14-21)28(33)34-23-17-24(29)26(27(31)32)25(30)18-23/h4,7,17-22,27H,2-3,5-6,8-16H2,1H3/b7-4+. The Labute approximate surface area is 201 Å². The lowest BCUT2D eigenvalue weighted by Crippen LogP contribution is -2.25. The first-order chi connectivity index (χ1) is 16.4. The molecule has 190 valence electrons. The average molecular weight is 483 g/mol. The first-order valence-corrected chi connectivity index (χ1v) is 13.0. The number of ether oxygens (including phenoxy) is 1. The molecule has 2 fully saturated rings. The van der Waals surface area contributed by atoms with E-state index < -0.39 is 29.6 Å². The van der Waals surface area contributed by atoms with Crippen molar-refractivity contribution in [3.05, 3.63) is 41.5 Å². The number of carbonyl (C=O) groups excluding carboxylic acids is 1. The molecule has 6 heteroatoms. The number of halogens is 4. The number of alkyl halides is 2. The van der Waals surface area contributed by atoms with Crippen LogP contribution in [0.5, 0.6) is 5.75 Å². The first kappa shape index (κ1) is 26.7. The van der Waals surface area contributed by atoms with Crippen LogP contribution in [0, 0.1) is 35.3 Å². The van der Waals surface area contributed by atoms with Crippen molar-refractivity contribution in [1.29, 1.82) is 0 Å². The van der Waals surface area contributed by atoms with Crippen LogP contribution in [0.3, 0.4) is 0 Å². The van der Waals surface area contributed by atoms with Crippen molar-refractivity contribution in [2.45, 2.75) is 96.8 Å². The third-order valence-corrected chi connectivity index (χ3v) is 7.68. The van der Waals surface area contributed by atoms with Gasteiger partial charge in [0.15, 0.2) is 0 Å². The van der Waals surface area contributed by atoms with Crippen LogP contribution in [0.2, 0.25) is 0 Å². The summed E-state index contributed by atoms with van der Waals surface area (Å²) in [6.07, 6.45) is 16.2. The Bertz CT molecular complexity index is 784. The van der Waals surface area contributed by atoms with Gasteiger partial charge in [-0.1, -0.05) is 38.3 Å². The van der Waals surface area contributed by atoms with E-state index in [0.29, 0.717) is 30.9 Å². The summed E-state index contributed by atoms with van der Waals surface area (Å²) in [6.45, 7) is 2.26. The van der Waals surface area contributed by atoms with Crippen molar-refractivity contribution >= 4 is 5.97 Å². The van der Waals surface area contributed by atoms with Crippen molar-refractivity contribution in [1.82, 2.24) is 0 Å². The highest BCUT2D eigenvalue weighted by molar-refractivity contribution is 5.75. The number of unbranched alkanes of at least 4 members (excludes halogenated alkanes) is 1. The van der Waals surface area contributed by atoms with E-state index in [0.717, 1.165) is 37.5 Å². The molecule has 2 aliphatic rings. The molecule has 1 aromatic rings. The first-order valence-electron chi connectivity index (χ1n) is 13.0. The lowest BCUT2D eigenvalue weighted by atomic mass is 9.79. The molecule has 1 aromatic carbocycles. The van der Waals surface area contributed by atoms with Gasteiger partial charge in [0.25, 0.3) is 6.43 Å². The van der Waals surface area contributed by atoms with E-state index in [4.69, 9.17) is 4.74 Å². The van der Waals surface area contributed by atoms with Gasteiger partial charge >= 0.3 is 5.97 Å². The minimum atomic E-state index is -3.26. The van der Waals surface area contributed by atoms with Crippen LogP contribution in [0.25, 0.3) is 0 Å². The molecule has 34 heavy (non-hydrogen) atoms. The highest BCUT2D eigenvalue weighted by Gasteiger charge is 2.28. The average Bonchev–Trinajstić information content (AvgIpc) is 2.81. The molecule has 2 saturated carbocycles. The third kappa shape index (κ3) is 7.84. The lowest BCUT2D eigenvalue weighted by molar-refractivity contribution is -0.140. The van der Waals surface area contributed by atoms with Crippen molar-refractivity contribution < 1.29 is 27.1 Å². The summed E-state index contributed by atoms with van der Waals surface area (Å²) in [5, 5.41) is 0. The van der Waals surface area contributed by atoms with Gasteiger partial charge in [-0.2, -0.15) is 0 Å². The fraction of sp³-hybridized carbons (Fsp3) is 0.679. The lowest BCUT2D eigenvalue weighted by Gasteiger charge is -2.27. The Morgan fingerprint density at radius 1 is 0.971 bits per heavy atom. The number of hydrogen-bond acceptors (Lipinski definition) is 2. The molecule has 0 amide bonds. The summed E-state index contributed by atoms with van der Waals surface area (Å²) in [6, 6.07) is 1.30. The SMILES string of the molecule is CCCCC1CCC(/C=C/CCC2CCC(C(=O)Oc3cc(F)c(C(F)F)c(F)c3)CC2)CC1. The molecule has 0 unspecified atom stereocenters. The second-order valence-electron chi connectivity index (χ2n) is 10.2. The zero-order valence-corrected chi connectivity index (χ0v) is 20.2. The minimum Gasteiger partial charge on any atom is -0.426 e. The maximum atomic E-state index is 13.7. The zero-order chi connectivity index (χ0) is 24.5. The van der Waals surface area contributed by atoms with E-state index in [1.54, 1.807) is 0 Å². The smallest absolute Gasteiger partial charge is 0.314 e. The van der Waals surface area contributed by atoms with E-state index in [9.17, 15) is 22.4 Å². The summed E-state index contributed by atoms with van der Waals surface area (Å²) in [7, 11) is 0. The number of carbonyl (C=O) groups is 1. The van der Waals surface area contributed by atoms with E-state index in [1.165, 1.54) is 44.9 Å². The normalized spacial score (nSPS) is 25.7. The van der Waals surface area contributed by atoms with Crippen LogP contribution in [0.1, 0.15) is 102 Å². The molecule has 0 radical (unpaired) electrons. The van der Waals surface area contributed by atoms with Gasteiger partial charge < -0.3 is 4.74 Å². The van der Waals surface area contributed by atoms with Gasteiger partial charge in [0.2, 0.25) is 0 Å². The van der Waals surface area contributed by atoms with E-state index >= 15 is 0 Å². The molecule has 3 rings (SSSR count). The van der Waals surface area contributed by atoms with Crippen molar-refractivity contribution in [2.75, 3.05) is 0 Å². The minimum absolute atomic E-state index is 0.324. The molecular weight excluding hydrogens is 444 g/mol. The van der Waals surface area contributed by atoms with Gasteiger partial charge in [0.1, 0.15) is 17.4 Å². The van der Waals surface area contributed by atoms with Crippen LogP contribution in [0.4, 0.5) is 17.6 Å². The predicted molar refractivity (Wildman–Crippen MR) is 126 cm³/mol. The summed E-state index contributed by atoms with van der Waals surface area (Å²) in [5.74, 6) is -1.81. The van der Waals surface area contributed by atoms with Crippen molar-refractivity contribution in [3.63, 3.8) is 0 Å². The summed E-state index contributed by atoms with van der Waals surface area (Å²) in [5.41, 5.74) is -1.30. The van der Waals surface area contributed by atoms with E-state index in [2.05, 4.69) is 19.1 Å². The molecule has 2 aliphatic carbocycles. The topological polar surface area (TPSA) is 26.3 Å². The molecule has 0 N–H and O–H groups in total. The molecule has 0 saturated heterocycles. The Morgan fingerprint density at radius 3 is 2.15 bits per heavy atom. The molecular formula is C28H38F4O2.